The standard InChI is InChI=1S/C13H10N2O/c16-13-12(5-3-6-14-13)10-8-11-4-1-2-7-15(11)9-10/h1-9H,(H,14,16). The fraction of sp³-hybridized carbons (Fsp3) is 0. The molecule has 0 fully saturated rings. The van der Waals surface area contributed by atoms with Crippen LogP contribution in [0.1, 0.15) is 0 Å². The van der Waals surface area contributed by atoms with E-state index < -0.39 is 0 Å². The predicted molar refractivity (Wildman–Crippen MR) is 63.5 cm³/mol. The summed E-state index contributed by atoms with van der Waals surface area (Å²) in [5.74, 6) is 0. The van der Waals surface area contributed by atoms with Crippen LogP contribution in [-0.4, -0.2) is 9.38 Å². The van der Waals surface area contributed by atoms with Gasteiger partial charge < -0.3 is 9.38 Å². The molecule has 3 aromatic heterocycles. The first kappa shape index (κ1) is 8.97. The minimum absolute atomic E-state index is 0.0570. The Balaban J connectivity index is 2.27. The summed E-state index contributed by atoms with van der Waals surface area (Å²) in [5, 5.41) is 0. The fourth-order valence-corrected chi connectivity index (χ4v) is 1.85. The third-order valence-corrected chi connectivity index (χ3v) is 2.63. The number of hydrogen-bond donors (Lipinski definition) is 1. The van der Waals surface area contributed by atoms with Gasteiger partial charge in [-0.15, -0.1) is 0 Å². The smallest absolute Gasteiger partial charge is 0.255 e. The summed E-state index contributed by atoms with van der Waals surface area (Å²) in [4.78, 5) is 14.3. The Bertz CT molecular complexity index is 661. The first-order valence-electron chi connectivity index (χ1n) is 5.09. The Hall–Kier alpha value is -2.29. The van der Waals surface area contributed by atoms with Crippen molar-refractivity contribution >= 4 is 5.52 Å². The predicted octanol–water partition coefficient (Wildman–Crippen LogP) is 2.29. The van der Waals surface area contributed by atoms with Gasteiger partial charge in [-0.05, 0) is 30.3 Å². The van der Waals surface area contributed by atoms with E-state index >= 15 is 0 Å². The molecule has 0 bridgehead atoms. The average molecular weight is 210 g/mol. The zero-order valence-electron chi connectivity index (χ0n) is 8.55. The van der Waals surface area contributed by atoms with Gasteiger partial charge >= 0.3 is 0 Å². The quantitative estimate of drug-likeness (QED) is 0.657. The van der Waals surface area contributed by atoms with Crippen LogP contribution in [0, 0.1) is 0 Å². The van der Waals surface area contributed by atoms with Gasteiger partial charge in [-0.1, -0.05) is 6.07 Å². The summed E-state index contributed by atoms with van der Waals surface area (Å²) in [6.07, 6.45) is 5.57. The molecule has 0 saturated heterocycles. The van der Waals surface area contributed by atoms with Crippen molar-refractivity contribution in [3.05, 3.63) is 65.3 Å². The maximum absolute atomic E-state index is 11.6. The molecule has 3 rings (SSSR count). The molecule has 0 amide bonds. The van der Waals surface area contributed by atoms with Crippen molar-refractivity contribution < 1.29 is 0 Å². The number of aromatic amines is 1. The number of hydrogen-bond acceptors (Lipinski definition) is 1. The van der Waals surface area contributed by atoms with E-state index in [0.29, 0.717) is 5.56 Å². The van der Waals surface area contributed by atoms with Crippen LogP contribution in [0.2, 0.25) is 0 Å². The molecule has 78 valence electrons. The monoisotopic (exact) mass is 210 g/mol. The van der Waals surface area contributed by atoms with E-state index in [1.807, 2.05) is 53.2 Å². The molecule has 3 heteroatoms. The molecule has 16 heavy (non-hydrogen) atoms. The van der Waals surface area contributed by atoms with Crippen molar-refractivity contribution in [2.45, 2.75) is 0 Å². The fourth-order valence-electron chi connectivity index (χ4n) is 1.85. The molecule has 0 aliphatic carbocycles. The van der Waals surface area contributed by atoms with Crippen LogP contribution in [-0.2, 0) is 0 Å². The van der Waals surface area contributed by atoms with E-state index in [1.54, 1.807) is 6.20 Å². The van der Waals surface area contributed by atoms with Gasteiger partial charge in [0.25, 0.3) is 5.56 Å². The van der Waals surface area contributed by atoms with Crippen LogP contribution < -0.4 is 5.56 Å². The summed E-state index contributed by atoms with van der Waals surface area (Å²) >= 11 is 0. The minimum atomic E-state index is -0.0570. The van der Waals surface area contributed by atoms with Gasteiger partial charge in [-0.3, -0.25) is 4.79 Å². The second kappa shape index (κ2) is 3.38. The van der Waals surface area contributed by atoms with Gasteiger partial charge in [0.15, 0.2) is 0 Å². The van der Waals surface area contributed by atoms with E-state index in [1.165, 1.54) is 0 Å². The highest BCUT2D eigenvalue weighted by atomic mass is 16.1. The van der Waals surface area contributed by atoms with Gasteiger partial charge in [0, 0.05) is 35.2 Å². The minimum Gasteiger partial charge on any atom is -0.329 e. The highest BCUT2D eigenvalue weighted by Gasteiger charge is 2.04. The molecule has 3 heterocycles. The van der Waals surface area contributed by atoms with Crippen molar-refractivity contribution in [1.29, 1.82) is 0 Å². The molecule has 0 spiro atoms. The molecule has 0 aliphatic heterocycles. The Labute approximate surface area is 92.0 Å². The molecule has 0 aliphatic rings. The maximum Gasteiger partial charge on any atom is 0.255 e. The number of H-pyrrole nitrogens is 1. The number of rotatable bonds is 1. The first-order chi connectivity index (χ1) is 7.84. The van der Waals surface area contributed by atoms with E-state index in [-0.39, 0.29) is 5.56 Å². The lowest BCUT2D eigenvalue weighted by Crippen LogP contribution is -2.06. The number of nitrogens with zero attached hydrogens (tertiary/aromatic N) is 1. The second-order valence-corrected chi connectivity index (χ2v) is 3.67. The summed E-state index contributed by atoms with van der Waals surface area (Å²) in [6.45, 7) is 0. The highest BCUT2D eigenvalue weighted by Crippen LogP contribution is 2.18. The summed E-state index contributed by atoms with van der Waals surface area (Å²) in [6, 6.07) is 11.6. The summed E-state index contributed by atoms with van der Waals surface area (Å²) in [5.41, 5.74) is 2.67. The van der Waals surface area contributed by atoms with Crippen LogP contribution in [0.3, 0.4) is 0 Å². The highest BCUT2D eigenvalue weighted by molar-refractivity contribution is 5.69. The zero-order chi connectivity index (χ0) is 11.0. The molecule has 3 aromatic rings. The molecule has 0 aromatic carbocycles. The molecule has 0 atom stereocenters. The average Bonchev–Trinajstić information content (AvgIpc) is 2.73. The van der Waals surface area contributed by atoms with Crippen molar-refractivity contribution in [3.63, 3.8) is 0 Å². The van der Waals surface area contributed by atoms with Gasteiger partial charge in [-0.2, -0.15) is 0 Å². The molecule has 0 saturated carbocycles. The second-order valence-electron chi connectivity index (χ2n) is 3.67. The number of pyridine rings is 2. The van der Waals surface area contributed by atoms with E-state index in [4.69, 9.17) is 0 Å². The lowest BCUT2D eigenvalue weighted by atomic mass is 10.1. The summed E-state index contributed by atoms with van der Waals surface area (Å²) in [7, 11) is 0. The lowest BCUT2D eigenvalue weighted by molar-refractivity contribution is 1.19. The van der Waals surface area contributed by atoms with E-state index in [0.717, 1.165) is 11.1 Å². The molecular weight excluding hydrogens is 200 g/mol. The Morgan fingerprint density at radius 2 is 2.06 bits per heavy atom. The van der Waals surface area contributed by atoms with Crippen molar-refractivity contribution in [1.82, 2.24) is 9.38 Å². The topological polar surface area (TPSA) is 37.3 Å². The normalized spacial score (nSPS) is 10.8. The van der Waals surface area contributed by atoms with Gasteiger partial charge in [0.1, 0.15) is 0 Å². The maximum atomic E-state index is 11.6. The van der Waals surface area contributed by atoms with E-state index in [2.05, 4.69) is 4.98 Å². The lowest BCUT2D eigenvalue weighted by Gasteiger charge is -1.93. The Morgan fingerprint density at radius 1 is 1.12 bits per heavy atom. The van der Waals surface area contributed by atoms with Gasteiger partial charge in [0.05, 0.1) is 0 Å². The number of aromatic nitrogens is 2. The third kappa shape index (κ3) is 1.34. The van der Waals surface area contributed by atoms with Crippen molar-refractivity contribution in [3.8, 4) is 11.1 Å². The van der Waals surface area contributed by atoms with Crippen molar-refractivity contribution in [2.24, 2.45) is 0 Å². The number of nitrogens with one attached hydrogen (secondary N) is 1. The van der Waals surface area contributed by atoms with Crippen molar-refractivity contribution in [2.75, 3.05) is 0 Å². The van der Waals surface area contributed by atoms with Crippen LogP contribution in [0.5, 0.6) is 0 Å². The first-order valence-corrected chi connectivity index (χ1v) is 5.09. The van der Waals surface area contributed by atoms with Crippen LogP contribution in [0.15, 0.2) is 59.8 Å². The molecule has 3 nitrogen and oxygen atoms in total. The SMILES string of the molecule is O=c1[nH]cccc1-c1cc2ccccn2c1. The van der Waals surface area contributed by atoms with E-state index in [9.17, 15) is 4.79 Å². The largest absolute Gasteiger partial charge is 0.329 e. The van der Waals surface area contributed by atoms with Gasteiger partial charge in [0.2, 0.25) is 0 Å². The number of fused-ring (bicyclic) bond motifs is 1. The van der Waals surface area contributed by atoms with Gasteiger partial charge in [-0.25, -0.2) is 0 Å². The third-order valence-electron chi connectivity index (χ3n) is 2.63. The van der Waals surface area contributed by atoms with Crippen LogP contribution >= 0.6 is 0 Å². The molecule has 0 unspecified atom stereocenters. The Morgan fingerprint density at radius 3 is 2.88 bits per heavy atom. The molecule has 0 radical (unpaired) electrons. The molecule has 1 N–H and O–H groups in total. The Kier molecular flexibility index (Phi) is 1.90. The zero-order valence-corrected chi connectivity index (χ0v) is 8.55. The summed E-state index contributed by atoms with van der Waals surface area (Å²) < 4.78 is 2.00. The van der Waals surface area contributed by atoms with Crippen LogP contribution in [0.25, 0.3) is 16.6 Å². The molecular formula is C13H10N2O. The van der Waals surface area contributed by atoms with Crippen LogP contribution in [0.4, 0.5) is 0 Å².